The Bertz CT molecular complexity index is 1060. The molecule has 32 heavy (non-hydrogen) atoms. The van der Waals surface area contributed by atoms with Crippen molar-refractivity contribution < 1.29 is 19.0 Å². The lowest BCUT2D eigenvalue weighted by atomic mass is 10.0. The van der Waals surface area contributed by atoms with E-state index in [1.165, 1.54) is 0 Å². The number of nitrogens with zero attached hydrogens (tertiary/aromatic N) is 1. The SMILES string of the molecule is CCOc1ccc2ccccc2c1C(=O)NC[C@@H](c1cccc(OC)c1)N1CCOCC1. The minimum atomic E-state index is -0.133. The smallest absolute Gasteiger partial charge is 0.255 e. The molecule has 0 saturated carbocycles. The quantitative estimate of drug-likeness (QED) is 0.580. The molecule has 3 aromatic carbocycles. The maximum absolute atomic E-state index is 13.4. The number of hydrogen-bond donors (Lipinski definition) is 1. The number of morpholine rings is 1. The van der Waals surface area contributed by atoms with Crippen molar-refractivity contribution in [3.8, 4) is 11.5 Å². The second-order valence-corrected chi connectivity index (χ2v) is 7.74. The normalized spacial score (nSPS) is 15.3. The average Bonchev–Trinajstić information content (AvgIpc) is 2.85. The van der Waals surface area contributed by atoms with Crippen molar-refractivity contribution >= 4 is 16.7 Å². The van der Waals surface area contributed by atoms with Gasteiger partial charge >= 0.3 is 0 Å². The zero-order valence-corrected chi connectivity index (χ0v) is 18.7. The maximum atomic E-state index is 13.4. The predicted molar refractivity (Wildman–Crippen MR) is 126 cm³/mol. The standard InChI is InChI=1S/C26H30N2O4/c1-3-32-24-12-11-19-7-4-5-10-22(19)25(24)26(29)27-18-23(28-13-15-31-16-14-28)20-8-6-9-21(17-20)30-2/h4-12,17,23H,3,13-16,18H2,1-2H3,(H,27,29)/t23-/m0/s1. The number of ether oxygens (including phenoxy) is 3. The first-order chi connectivity index (χ1) is 15.7. The summed E-state index contributed by atoms with van der Waals surface area (Å²) in [6.45, 7) is 5.90. The zero-order chi connectivity index (χ0) is 22.3. The minimum Gasteiger partial charge on any atom is -0.497 e. The molecule has 1 N–H and O–H groups in total. The number of rotatable bonds is 8. The van der Waals surface area contributed by atoms with Crippen LogP contribution in [0.4, 0.5) is 0 Å². The fourth-order valence-corrected chi connectivity index (χ4v) is 4.24. The Morgan fingerprint density at radius 2 is 1.91 bits per heavy atom. The van der Waals surface area contributed by atoms with Gasteiger partial charge in [-0.2, -0.15) is 0 Å². The second kappa shape index (κ2) is 10.5. The molecule has 6 nitrogen and oxygen atoms in total. The number of amides is 1. The van der Waals surface area contributed by atoms with Gasteiger partial charge in [0, 0.05) is 19.6 Å². The number of hydrogen-bond acceptors (Lipinski definition) is 5. The number of carbonyl (C=O) groups excluding carboxylic acids is 1. The van der Waals surface area contributed by atoms with Gasteiger partial charge in [-0.05, 0) is 41.5 Å². The Morgan fingerprint density at radius 1 is 1.09 bits per heavy atom. The fourth-order valence-electron chi connectivity index (χ4n) is 4.24. The van der Waals surface area contributed by atoms with Crippen LogP contribution in [0.3, 0.4) is 0 Å². The van der Waals surface area contributed by atoms with Gasteiger partial charge in [0.15, 0.2) is 0 Å². The highest BCUT2D eigenvalue weighted by Crippen LogP contribution is 2.29. The first-order valence-corrected chi connectivity index (χ1v) is 11.1. The van der Waals surface area contributed by atoms with Gasteiger partial charge in [-0.25, -0.2) is 0 Å². The molecule has 1 amide bonds. The third kappa shape index (κ3) is 4.87. The molecule has 1 aliphatic heterocycles. The highest BCUT2D eigenvalue weighted by atomic mass is 16.5. The highest BCUT2D eigenvalue weighted by molar-refractivity contribution is 6.09. The van der Waals surface area contributed by atoms with E-state index in [1.807, 2.05) is 61.5 Å². The molecule has 0 spiro atoms. The van der Waals surface area contributed by atoms with E-state index in [-0.39, 0.29) is 11.9 Å². The lowest BCUT2D eigenvalue weighted by Gasteiger charge is -2.35. The van der Waals surface area contributed by atoms with E-state index >= 15 is 0 Å². The molecule has 1 saturated heterocycles. The predicted octanol–water partition coefficient (Wildman–Crippen LogP) is 4.05. The summed E-state index contributed by atoms with van der Waals surface area (Å²) >= 11 is 0. The van der Waals surface area contributed by atoms with Crippen molar-refractivity contribution in [3.05, 3.63) is 71.8 Å². The fraction of sp³-hybridized carbons (Fsp3) is 0.346. The molecule has 0 aliphatic carbocycles. The molecule has 0 bridgehead atoms. The van der Waals surface area contributed by atoms with Gasteiger partial charge in [0.1, 0.15) is 11.5 Å². The summed E-state index contributed by atoms with van der Waals surface area (Å²) in [6.07, 6.45) is 0. The number of methoxy groups -OCH3 is 1. The summed E-state index contributed by atoms with van der Waals surface area (Å²) in [5.74, 6) is 1.28. The van der Waals surface area contributed by atoms with Crippen LogP contribution in [0.5, 0.6) is 11.5 Å². The molecule has 1 aliphatic rings. The van der Waals surface area contributed by atoms with E-state index in [4.69, 9.17) is 14.2 Å². The highest BCUT2D eigenvalue weighted by Gasteiger charge is 2.25. The van der Waals surface area contributed by atoms with E-state index in [2.05, 4.69) is 16.3 Å². The summed E-state index contributed by atoms with van der Waals surface area (Å²) in [6, 6.07) is 19.8. The van der Waals surface area contributed by atoms with Gasteiger partial charge in [-0.3, -0.25) is 9.69 Å². The van der Waals surface area contributed by atoms with E-state index in [1.54, 1.807) is 7.11 Å². The van der Waals surface area contributed by atoms with E-state index < -0.39 is 0 Å². The molecule has 0 radical (unpaired) electrons. The van der Waals surface area contributed by atoms with Crippen molar-refractivity contribution in [1.82, 2.24) is 10.2 Å². The van der Waals surface area contributed by atoms with Gasteiger partial charge in [-0.15, -0.1) is 0 Å². The molecular formula is C26H30N2O4. The van der Waals surface area contributed by atoms with E-state index in [9.17, 15) is 4.79 Å². The van der Waals surface area contributed by atoms with Gasteiger partial charge in [0.2, 0.25) is 0 Å². The first kappa shape index (κ1) is 22.1. The maximum Gasteiger partial charge on any atom is 0.255 e. The van der Waals surface area contributed by atoms with Crippen LogP contribution >= 0.6 is 0 Å². The van der Waals surface area contributed by atoms with Crippen LogP contribution in [0.2, 0.25) is 0 Å². The van der Waals surface area contributed by atoms with Gasteiger partial charge < -0.3 is 19.5 Å². The molecule has 168 valence electrons. The monoisotopic (exact) mass is 434 g/mol. The third-order valence-corrected chi connectivity index (χ3v) is 5.84. The van der Waals surface area contributed by atoms with Crippen LogP contribution in [0.1, 0.15) is 28.9 Å². The molecule has 4 rings (SSSR count). The largest absolute Gasteiger partial charge is 0.497 e. The van der Waals surface area contributed by atoms with Crippen molar-refractivity contribution in [3.63, 3.8) is 0 Å². The van der Waals surface area contributed by atoms with Crippen molar-refractivity contribution in [1.29, 1.82) is 0 Å². The second-order valence-electron chi connectivity index (χ2n) is 7.74. The molecule has 1 atom stereocenters. The molecule has 1 heterocycles. The topological polar surface area (TPSA) is 60.0 Å². The van der Waals surface area contributed by atoms with Crippen molar-refractivity contribution in [2.45, 2.75) is 13.0 Å². The van der Waals surface area contributed by atoms with Crippen molar-refractivity contribution in [2.24, 2.45) is 0 Å². The summed E-state index contributed by atoms with van der Waals surface area (Å²) < 4.78 is 16.8. The molecule has 1 fully saturated rings. The van der Waals surface area contributed by atoms with Crippen LogP contribution in [-0.4, -0.2) is 57.4 Å². The Labute approximate surface area is 189 Å². The number of fused-ring (bicyclic) bond motifs is 1. The lowest BCUT2D eigenvalue weighted by molar-refractivity contribution is 0.0162. The molecule has 6 heteroatoms. The molecule has 0 aromatic heterocycles. The summed E-state index contributed by atoms with van der Waals surface area (Å²) in [7, 11) is 1.67. The third-order valence-electron chi connectivity index (χ3n) is 5.84. The summed E-state index contributed by atoms with van der Waals surface area (Å²) in [5.41, 5.74) is 1.69. The average molecular weight is 435 g/mol. The van der Waals surface area contributed by atoms with Gasteiger partial charge in [0.05, 0.1) is 38.5 Å². The first-order valence-electron chi connectivity index (χ1n) is 11.1. The van der Waals surface area contributed by atoms with Gasteiger partial charge in [-0.1, -0.05) is 42.5 Å². The van der Waals surface area contributed by atoms with Crippen LogP contribution in [0.15, 0.2) is 60.7 Å². The number of benzene rings is 3. The molecular weight excluding hydrogens is 404 g/mol. The summed E-state index contributed by atoms with van der Waals surface area (Å²) in [5, 5.41) is 5.08. The van der Waals surface area contributed by atoms with E-state index in [0.717, 1.165) is 35.2 Å². The van der Waals surface area contributed by atoms with E-state index in [0.29, 0.717) is 37.7 Å². The van der Waals surface area contributed by atoms with Crippen LogP contribution in [0.25, 0.3) is 10.8 Å². The Kier molecular flexibility index (Phi) is 7.24. The number of nitrogens with one attached hydrogen (secondary N) is 1. The minimum absolute atomic E-state index is 0.0171. The van der Waals surface area contributed by atoms with Gasteiger partial charge in [0.25, 0.3) is 5.91 Å². The number of carbonyl (C=O) groups is 1. The van der Waals surface area contributed by atoms with Crippen LogP contribution in [0, 0.1) is 0 Å². The molecule has 0 unspecified atom stereocenters. The van der Waals surface area contributed by atoms with Crippen molar-refractivity contribution in [2.75, 3.05) is 46.6 Å². The Balaban J connectivity index is 1.62. The zero-order valence-electron chi connectivity index (χ0n) is 18.7. The van der Waals surface area contributed by atoms with Crippen LogP contribution < -0.4 is 14.8 Å². The lowest BCUT2D eigenvalue weighted by Crippen LogP contribution is -2.43. The Morgan fingerprint density at radius 3 is 2.69 bits per heavy atom. The molecule has 3 aromatic rings. The summed E-state index contributed by atoms with van der Waals surface area (Å²) in [4.78, 5) is 15.8. The van der Waals surface area contributed by atoms with Crippen LogP contribution in [-0.2, 0) is 4.74 Å². The Hall–Kier alpha value is -3.09.